The molecule has 24 heavy (non-hydrogen) atoms. The number of carboxylic acid groups (broad SMARTS) is 1. The maximum absolute atomic E-state index is 11.2. The number of carbonyl (C=O) groups is 1. The van der Waals surface area contributed by atoms with E-state index in [1.807, 2.05) is 24.3 Å². The van der Waals surface area contributed by atoms with Crippen molar-refractivity contribution in [2.24, 2.45) is 5.41 Å². The molecule has 0 fully saturated rings. The molecule has 2 aromatic rings. The van der Waals surface area contributed by atoms with Gasteiger partial charge in [0.1, 0.15) is 0 Å². The Morgan fingerprint density at radius 2 is 2.04 bits per heavy atom. The van der Waals surface area contributed by atoms with Crippen LogP contribution >= 0.6 is 0 Å². The molecule has 2 N–H and O–H groups in total. The fraction of sp³-hybridized carbons (Fsp3) is 0.368. The first-order valence-electron chi connectivity index (χ1n) is 8.03. The van der Waals surface area contributed by atoms with Gasteiger partial charge in [-0.15, -0.1) is 0 Å². The third-order valence-corrected chi connectivity index (χ3v) is 4.82. The molecule has 1 amide bonds. The maximum Gasteiger partial charge on any atom is 0.405 e. The Morgan fingerprint density at radius 1 is 1.29 bits per heavy atom. The lowest BCUT2D eigenvalue weighted by atomic mass is 9.70. The lowest BCUT2D eigenvalue weighted by Gasteiger charge is -2.40. The standard InChI is InChI=1S/C19H22N2O3/c1-19(2)8-6-14-10-12(13-7-9-20-16(11-13)24-3)4-5-15(14)17(19)21-18(22)23/h4-5,7,9-11,17,21H,6,8H2,1-3H3,(H,22,23). The van der Waals surface area contributed by atoms with Crippen molar-refractivity contribution in [2.45, 2.75) is 32.7 Å². The highest BCUT2D eigenvalue weighted by Crippen LogP contribution is 2.44. The Hall–Kier alpha value is -2.56. The van der Waals surface area contributed by atoms with Crippen LogP contribution in [0.2, 0.25) is 0 Å². The third-order valence-electron chi connectivity index (χ3n) is 4.82. The van der Waals surface area contributed by atoms with E-state index in [0.29, 0.717) is 5.88 Å². The first-order chi connectivity index (χ1) is 11.4. The number of aryl methyl sites for hydroxylation is 1. The molecule has 0 radical (unpaired) electrons. The fourth-order valence-electron chi connectivity index (χ4n) is 3.40. The summed E-state index contributed by atoms with van der Waals surface area (Å²) in [5.74, 6) is 0.580. The summed E-state index contributed by atoms with van der Waals surface area (Å²) in [7, 11) is 1.60. The Labute approximate surface area is 141 Å². The van der Waals surface area contributed by atoms with E-state index >= 15 is 0 Å². The van der Waals surface area contributed by atoms with Crippen molar-refractivity contribution in [3.8, 4) is 17.0 Å². The van der Waals surface area contributed by atoms with E-state index in [1.54, 1.807) is 13.3 Å². The quantitative estimate of drug-likeness (QED) is 0.893. The molecule has 1 aromatic heterocycles. The smallest absolute Gasteiger partial charge is 0.405 e. The summed E-state index contributed by atoms with van der Waals surface area (Å²) in [6, 6.07) is 9.88. The number of methoxy groups -OCH3 is 1. The summed E-state index contributed by atoms with van der Waals surface area (Å²) in [6.07, 6.45) is 2.62. The molecule has 1 unspecified atom stereocenters. The second-order valence-electron chi connectivity index (χ2n) is 6.87. The monoisotopic (exact) mass is 326 g/mol. The molecule has 0 saturated carbocycles. The Morgan fingerprint density at radius 3 is 2.75 bits per heavy atom. The normalized spacial score (nSPS) is 18.5. The van der Waals surface area contributed by atoms with Gasteiger partial charge >= 0.3 is 6.09 Å². The predicted molar refractivity (Wildman–Crippen MR) is 92.2 cm³/mol. The van der Waals surface area contributed by atoms with Gasteiger partial charge in [-0.1, -0.05) is 32.0 Å². The molecule has 0 aliphatic heterocycles. The molecule has 1 atom stereocenters. The van der Waals surface area contributed by atoms with Gasteiger partial charge in [0, 0.05) is 12.3 Å². The summed E-state index contributed by atoms with van der Waals surface area (Å²) in [5.41, 5.74) is 4.28. The number of nitrogens with one attached hydrogen (secondary N) is 1. The number of aromatic nitrogens is 1. The average Bonchev–Trinajstić information content (AvgIpc) is 2.57. The van der Waals surface area contributed by atoms with Gasteiger partial charge < -0.3 is 15.2 Å². The second kappa shape index (κ2) is 6.15. The van der Waals surface area contributed by atoms with Crippen LogP contribution in [0.25, 0.3) is 11.1 Å². The number of fused-ring (bicyclic) bond motifs is 1. The summed E-state index contributed by atoms with van der Waals surface area (Å²) >= 11 is 0. The number of ether oxygens (including phenoxy) is 1. The van der Waals surface area contributed by atoms with Crippen molar-refractivity contribution < 1.29 is 14.6 Å². The van der Waals surface area contributed by atoms with Gasteiger partial charge in [0.05, 0.1) is 13.2 Å². The lowest BCUT2D eigenvalue weighted by molar-refractivity contribution is 0.161. The molecular weight excluding hydrogens is 304 g/mol. The van der Waals surface area contributed by atoms with Crippen LogP contribution in [-0.4, -0.2) is 23.3 Å². The van der Waals surface area contributed by atoms with Crippen molar-refractivity contribution in [3.63, 3.8) is 0 Å². The molecule has 0 saturated heterocycles. The van der Waals surface area contributed by atoms with E-state index < -0.39 is 6.09 Å². The van der Waals surface area contributed by atoms with E-state index in [4.69, 9.17) is 4.74 Å². The predicted octanol–water partition coefficient (Wildman–Crippen LogP) is 4.04. The summed E-state index contributed by atoms with van der Waals surface area (Å²) in [5, 5.41) is 11.9. The zero-order chi connectivity index (χ0) is 17.3. The van der Waals surface area contributed by atoms with Crippen molar-refractivity contribution in [1.29, 1.82) is 0 Å². The van der Waals surface area contributed by atoms with Gasteiger partial charge in [0.15, 0.2) is 0 Å². The van der Waals surface area contributed by atoms with E-state index in [9.17, 15) is 9.90 Å². The zero-order valence-electron chi connectivity index (χ0n) is 14.2. The van der Waals surface area contributed by atoms with Gasteiger partial charge in [-0.2, -0.15) is 0 Å². The van der Waals surface area contributed by atoms with Crippen LogP contribution in [0.3, 0.4) is 0 Å². The molecule has 1 aliphatic carbocycles. The van der Waals surface area contributed by atoms with Crippen LogP contribution in [0.1, 0.15) is 37.4 Å². The molecule has 3 rings (SSSR count). The van der Waals surface area contributed by atoms with Gasteiger partial charge in [-0.25, -0.2) is 9.78 Å². The first kappa shape index (κ1) is 16.3. The van der Waals surface area contributed by atoms with Crippen molar-refractivity contribution in [2.75, 3.05) is 7.11 Å². The van der Waals surface area contributed by atoms with Gasteiger partial charge in [0.25, 0.3) is 0 Å². The summed E-state index contributed by atoms with van der Waals surface area (Å²) in [4.78, 5) is 15.3. The molecular formula is C19H22N2O3. The molecule has 5 nitrogen and oxygen atoms in total. The lowest BCUT2D eigenvalue weighted by Crippen LogP contribution is -2.40. The highest BCUT2D eigenvalue weighted by molar-refractivity contribution is 5.68. The second-order valence-corrected chi connectivity index (χ2v) is 6.87. The number of rotatable bonds is 3. The van der Waals surface area contributed by atoms with Crippen molar-refractivity contribution in [1.82, 2.24) is 10.3 Å². The Bertz CT molecular complexity index is 771. The molecule has 0 bridgehead atoms. The molecule has 126 valence electrons. The minimum absolute atomic E-state index is 0.104. The van der Waals surface area contributed by atoms with Crippen LogP contribution < -0.4 is 10.1 Å². The minimum Gasteiger partial charge on any atom is -0.481 e. The van der Waals surface area contributed by atoms with Crippen LogP contribution in [-0.2, 0) is 6.42 Å². The highest BCUT2D eigenvalue weighted by Gasteiger charge is 2.37. The van der Waals surface area contributed by atoms with Crippen molar-refractivity contribution in [3.05, 3.63) is 47.7 Å². The number of hydrogen-bond acceptors (Lipinski definition) is 3. The van der Waals surface area contributed by atoms with Gasteiger partial charge in [-0.3, -0.25) is 0 Å². The fourth-order valence-corrected chi connectivity index (χ4v) is 3.40. The minimum atomic E-state index is -0.983. The molecule has 1 aromatic carbocycles. The summed E-state index contributed by atoms with van der Waals surface area (Å²) in [6.45, 7) is 4.22. The Kier molecular flexibility index (Phi) is 4.18. The zero-order valence-corrected chi connectivity index (χ0v) is 14.2. The van der Waals surface area contributed by atoms with Crippen LogP contribution in [0.4, 0.5) is 4.79 Å². The van der Waals surface area contributed by atoms with Crippen LogP contribution in [0.5, 0.6) is 5.88 Å². The van der Waals surface area contributed by atoms with Gasteiger partial charge in [-0.05, 0) is 46.6 Å². The van der Waals surface area contributed by atoms with Crippen LogP contribution in [0.15, 0.2) is 36.5 Å². The number of amides is 1. The molecule has 1 aliphatic rings. The SMILES string of the molecule is COc1cc(-c2ccc3c(c2)CCC(C)(C)C3NC(=O)O)ccn1. The summed E-state index contributed by atoms with van der Waals surface area (Å²) < 4.78 is 5.19. The number of pyridine rings is 1. The van der Waals surface area contributed by atoms with E-state index in [0.717, 1.165) is 29.5 Å². The topological polar surface area (TPSA) is 71.5 Å². The third kappa shape index (κ3) is 3.07. The van der Waals surface area contributed by atoms with Crippen LogP contribution in [0, 0.1) is 5.41 Å². The molecule has 5 heteroatoms. The maximum atomic E-state index is 11.2. The highest BCUT2D eigenvalue weighted by atomic mass is 16.5. The van der Waals surface area contributed by atoms with Crippen molar-refractivity contribution >= 4 is 6.09 Å². The Balaban J connectivity index is 2.00. The molecule has 0 spiro atoms. The van der Waals surface area contributed by atoms with E-state index in [1.165, 1.54) is 5.56 Å². The largest absolute Gasteiger partial charge is 0.481 e. The number of hydrogen-bond donors (Lipinski definition) is 2. The number of nitrogens with zero attached hydrogens (tertiary/aromatic N) is 1. The van der Waals surface area contributed by atoms with E-state index in [2.05, 4.69) is 30.2 Å². The number of benzene rings is 1. The van der Waals surface area contributed by atoms with E-state index in [-0.39, 0.29) is 11.5 Å². The van der Waals surface area contributed by atoms with Gasteiger partial charge in [0.2, 0.25) is 5.88 Å². The average molecular weight is 326 g/mol. The first-order valence-corrected chi connectivity index (χ1v) is 8.03. The molecule has 1 heterocycles.